The molecule has 1 aliphatic heterocycles. The van der Waals surface area contributed by atoms with Gasteiger partial charge in [-0.2, -0.15) is 0 Å². The largest absolute Gasteiger partial charge is 0.444 e. The van der Waals surface area contributed by atoms with Crippen LogP contribution < -0.4 is 5.32 Å². The average molecular weight is 290 g/mol. The van der Waals surface area contributed by atoms with E-state index >= 15 is 0 Å². The van der Waals surface area contributed by atoms with Gasteiger partial charge in [0, 0.05) is 25.7 Å². The highest BCUT2D eigenvalue weighted by molar-refractivity contribution is 5.68. The van der Waals surface area contributed by atoms with Gasteiger partial charge in [0.15, 0.2) is 0 Å². The zero-order valence-electron chi connectivity index (χ0n) is 13.3. The summed E-state index contributed by atoms with van der Waals surface area (Å²) in [5, 5.41) is 2.96. The van der Waals surface area contributed by atoms with Gasteiger partial charge in [-0.3, -0.25) is 0 Å². The molecule has 0 aromatic heterocycles. The van der Waals surface area contributed by atoms with E-state index in [0.29, 0.717) is 0 Å². The number of carbonyl (C=O) groups is 1. The summed E-state index contributed by atoms with van der Waals surface area (Å²) >= 11 is 0. The lowest BCUT2D eigenvalue weighted by Crippen LogP contribution is -2.40. The van der Waals surface area contributed by atoms with Crippen LogP contribution in [0.3, 0.4) is 0 Å². The molecule has 0 saturated carbocycles. The molecule has 0 radical (unpaired) electrons. The maximum absolute atomic E-state index is 11.7. The van der Waals surface area contributed by atoms with Gasteiger partial charge < -0.3 is 15.0 Å². The van der Waals surface area contributed by atoms with Crippen LogP contribution in [0.4, 0.5) is 4.79 Å². The third-order valence-electron chi connectivity index (χ3n) is 3.55. The van der Waals surface area contributed by atoms with Gasteiger partial charge >= 0.3 is 6.09 Å². The van der Waals surface area contributed by atoms with E-state index in [1.54, 1.807) is 0 Å². The van der Waals surface area contributed by atoms with Crippen LogP contribution in [-0.4, -0.2) is 42.3 Å². The van der Waals surface area contributed by atoms with Crippen molar-refractivity contribution in [2.24, 2.45) is 0 Å². The minimum Gasteiger partial charge on any atom is -0.444 e. The second-order valence-electron chi connectivity index (χ2n) is 6.67. The SMILES string of the molecule is CC(C)(C)OC(=O)N[C@H]1CCN(CCc2ccccc2)C1. The van der Waals surface area contributed by atoms with E-state index in [0.717, 1.165) is 32.5 Å². The van der Waals surface area contributed by atoms with Crippen molar-refractivity contribution in [1.82, 2.24) is 10.2 Å². The first kappa shape index (κ1) is 15.8. The molecular weight excluding hydrogens is 264 g/mol. The Balaban J connectivity index is 1.70. The summed E-state index contributed by atoms with van der Waals surface area (Å²) < 4.78 is 5.30. The molecule has 1 aliphatic rings. The second kappa shape index (κ2) is 6.94. The molecule has 21 heavy (non-hydrogen) atoms. The maximum atomic E-state index is 11.7. The molecule has 1 heterocycles. The van der Waals surface area contributed by atoms with Gasteiger partial charge in [0.05, 0.1) is 0 Å². The Morgan fingerprint density at radius 2 is 2.05 bits per heavy atom. The molecule has 1 saturated heterocycles. The number of amides is 1. The normalized spacial score (nSPS) is 19.5. The van der Waals surface area contributed by atoms with Crippen LogP contribution >= 0.6 is 0 Å². The highest BCUT2D eigenvalue weighted by atomic mass is 16.6. The van der Waals surface area contributed by atoms with E-state index in [-0.39, 0.29) is 12.1 Å². The van der Waals surface area contributed by atoms with E-state index in [9.17, 15) is 4.79 Å². The number of nitrogens with zero attached hydrogens (tertiary/aromatic N) is 1. The first-order valence-electron chi connectivity index (χ1n) is 7.68. The van der Waals surface area contributed by atoms with Crippen LogP contribution in [0.2, 0.25) is 0 Å². The van der Waals surface area contributed by atoms with Gasteiger partial charge in [0.25, 0.3) is 0 Å². The molecule has 1 N–H and O–H groups in total. The predicted molar refractivity (Wildman–Crippen MR) is 84.4 cm³/mol. The maximum Gasteiger partial charge on any atom is 0.407 e. The molecule has 0 spiro atoms. The van der Waals surface area contributed by atoms with Crippen LogP contribution in [0.25, 0.3) is 0 Å². The van der Waals surface area contributed by atoms with Gasteiger partial charge in [-0.05, 0) is 39.2 Å². The van der Waals surface area contributed by atoms with Crippen molar-refractivity contribution < 1.29 is 9.53 Å². The molecule has 4 nitrogen and oxygen atoms in total. The number of benzene rings is 1. The standard InChI is InChI=1S/C17H26N2O2/c1-17(2,3)21-16(20)18-15-10-12-19(13-15)11-9-14-7-5-4-6-8-14/h4-8,15H,9-13H2,1-3H3,(H,18,20)/t15-/m0/s1. The lowest BCUT2D eigenvalue weighted by Gasteiger charge is -2.22. The third-order valence-corrected chi connectivity index (χ3v) is 3.55. The monoisotopic (exact) mass is 290 g/mol. The molecule has 1 fully saturated rings. The summed E-state index contributed by atoms with van der Waals surface area (Å²) in [6.45, 7) is 8.63. The Kier molecular flexibility index (Phi) is 5.23. The molecule has 1 amide bonds. The molecule has 4 heteroatoms. The number of likely N-dealkylation sites (tertiary alicyclic amines) is 1. The third kappa shape index (κ3) is 5.76. The Morgan fingerprint density at radius 3 is 2.71 bits per heavy atom. The number of hydrogen-bond acceptors (Lipinski definition) is 3. The quantitative estimate of drug-likeness (QED) is 0.927. The van der Waals surface area contributed by atoms with Crippen molar-refractivity contribution in [3.63, 3.8) is 0 Å². The van der Waals surface area contributed by atoms with Crippen LogP contribution in [-0.2, 0) is 11.2 Å². The molecule has 0 aliphatic carbocycles. The molecule has 0 bridgehead atoms. The number of ether oxygens (including phenoxy) is 1. The van der Waals surface area contributed by atoms with Gasteiger partial charge in [-0.15, -0.1) is 0 Å². The van der Waals surface area contributed by atoms with Crippen LogP contribution in [0, 0.1) is 0 Å². The summed E-state index contributed by atoms with van der Waals surface area (Å²) in [6.07, 6.45) is 1.74. The zero-order valence-corrected chi connectivity index (χ0v) is 13.3. The van der Waals surface area contributed by atoms with Crippen molar-refractivity contribution in [3.05, 3.63) is 35.9 Å². The van der Waals surface area contributed by atoms with Crippen molar-refractivity contribution in [1.29, 1.82) is 0 Å². The van der Waals surface area contributed by atoms with Gasteiger partial charge in [-0.1, -0.05) is 30.3 Å². The summed E-state index contributed by atoms with van der Waals surface area (Å²) in [4.78, 5) is 14.1. The van der Waals surface area contributed by atoms with E-state index < -0.39 is 5.60 Å². The number of rotatable bonds is 4. The van der Waals surface area contributed by atoms with Crippen molar-refractivity contribution in [2.75, 3.05) is 19.6 Å². The van der Waals surface area contributed by atoms with E-state index in [1.165, 1.54) is 5.56 Å². The molecule has 1 atom stereocenters. The average Bonchev–Trinajstić information content (AvgIpc) is 2.83. The summed E-state index contributed by atoms with van der Waals surface area (Å²) in [5.41, 5.74) is 0.927. The van der Waals surface area contributed by atoms with Gasteiger partial charge in [-0.25, -0.2) is 4.79 Å². The Bertz CT molecular complexity index is 454. The van der Waals surface area contributed by atoms with E-state index in [1.807, 2.05) is 26.8 Å². The smallest absolute Gasteiger partial charge is 0.407 e. The zero-order chi connectivity index (χ0) is 15.3. The lowest BCUT2D eigenvalue weighted by atomic mass is 10.1. The molecule has 0 unspecified atom stereocenters. The molecule has 1 aromatic carbocycles. The first-order valence-corrected chi connectivity index (χ1v) is 7.68. The van der Waals surface area contributed by atoms with Crippen LogP contribution in [0.1, 0.15) is 32.8 Å². The predicted octanol–water partition coefficient (Wildman–Crippen LogP) is 2.83. The van der Waals surface area contributed by atoms with Crippen LogP contribution in [0.15, 0.2) is 30.3 Å². The molecular formula is C17H26N2O2. The summed E-state index contributed by atoms with van der Waals surface area (Å²) in [6, 6.07) is 10.7. The highest BCUT2D eigenvalue weighted by Gasteiger charge is 2.25. The second-order valence-corrected chi connectivity index (χ2v) is 6.67. The number of hydrogen-bond donors (Lipinski definition) is 1. The Hall–Kier alpha value is -1.55. The fourth-order valence-corrected chi connectivity index (χ4v) is 2.56. The number of alkyl carbamates (subject to hydrolysis) is 1. The fraction of sp³-hybridized carbons (Fsp3) is 0.588. The molecule has 116 valence electrons. The molecule has 2 rings (SSSR count). The van der Waals surface area contributed by atoms with Crippen molar-refractivity contribution >= 4 is 6.09 Å². The van der Waals surface area contributed by atoms with E-state index in [4.69, 9.17) is 4.74 Å². The minimum atomic E-state index is -0.435. The van der Waals surface area contributed by atoms with Gasteiger partial charge in [0.2, 0.25) is 0 Å². The highest BCUT2D eigenvalue weighted by Crippen LogP contribution is 2.12. The van der Waals surface area contributed by atoms with E-state index in [2.05, 4.69) is 34.5 Å². The Morgan fingerprint density at radius 1 is 1.33 bits per heavy atom. The van der Waals surface area contributed by atoms with Gasteiger partial charge in [0.1, 0.15) is 5.60 Å². The number of carbonyl (C=O) groups excluding carboxylic acids is 1. The van der Waals surface area contributed by atoms with Crippen LogP contribution in [0.5, 0.6) is 0 Å². The Labute approximate surface area is 127 Å². The molecule has 1 aromatic rings. The minimum absolute atomic E-state index is 0.204. The first-order chi connectivity index (χ1) is 9.92. The van der Waals surface area contributed by atoms with Crippen molar-refractivity contribution in [2.45, 2.75) is 45.3 Å². The van der Waals surface area contributed by atoms with Crippen molar-refractivity contribution in [3.8, 4) is 0 Å². The number of nitrogens with one attached hydrogen (secondary N) is 1. The topological polar surface area (TPSA) is 41.6 Å². The fourth-order valence-electron chi connectivity index (χ4n) is 2.56. The lowest BCUT2D eigenvalue weighted by molar-refractivity contribution is 0.0506. The summed E-state index contributed by atoms with van der Waals surface area (Å²) in [7, 11) is 0. The summed E-state index contributed by atoms with van der Waals surface area (Å²) in [5.74, 6) is 0.